The van der Waals surface area contributed by atoms with Crippen LogP contribution >= 0.6 is 25.8 Å². The van der Waals surface area contributed by atoms with Gasteiger partial charge in [-0.25, -0.2) is 24.2 Å². The first-order valence-corrected chi connectivity index (χ1v) is 18.5. The summed E-state index contributed by atoms with van der Waals surface area (Å²) < 4.78 is 43.4. The summed E-state index contributed by atoms with van der Waals surface area (Å²) >= 11 is 8.85. The van der Waals surface area contributed by atoms with Crippen LogP contribution in [0.5, 0.6) is 0 Å². The number of hydrogen-bond acceptors (Lipinski definition) is 14. The number of nitrogens with two attached hydrogens (primary N) is 2. The van der Waals surface area contributed by atoms with Crippen LogP contribution in [-0.2, 0) is 39.4 Å². The molecule has 4 aromatic rings. The fourth-order valence-corrected chi connectivity index (χ4v) is 7.12. The van der Waals surface area contributed by atoms with Crippen molar-refractivity contribution in [1.82, 2.24) is 34.5 Å². The molecule has 7 atom stereocenters. The Morgan fingerprint density at radius 3 is 2.73 bits per heavy atom. The van der Waals surface area contributed by atoms with E-state index < -0.39 is 56.8 Å². The maximum absolute atomic E-state index is 11.8. The van der Waals surface area contributed by atoms with Crippen LogP contribution < -0.4 is 11.5 Å². The molecule has 45 heavy (non-hydrogen) atoms. The lowest BCUT2D eigenvalue weighted by molar-refractivity contribution is -0.0405. The average Bonchev–Trinajstić information content (AvgIpc) is 3.75. The zero-order chi connectivity index (χ0) is 32.1. The Kier molecular flexibility index (Phi) is 8.83. The van der Waals surface area contributed by atoms with Crippen molar-refractivity contribution in [3.8, 4) is 0 Å². The summed E-state index contributed by atoms with van der Waals surface area (Å²) in [5.41, 5.74) is 13.8. The molecule has 6 rings (SSSR count). The largest absolute Gasteiger partial charge is 0.383 e. The van der Waals surface area contributed by atoms with Crippen molar-refractivity contribution in [2.45, 2.75) is 43.6 Å². The third kappa shape index (κ3) is 6.81. The molecule has 6 N–H and O–H groups in total. The molecular weight excluding hydrogens is 672 g/mol. The Morgan fingerprint density at radius 1 is 1.18 bits per heavy atom. The van der Waals surface area contributed by atoms with Crippen LogP contribution in [0.2, 0.25) is 0 Å². The van der Waals surface area contributed by atoms with E-state index in [1.807, 2.05) is 0 Å². The lowest BCUT2D eigenvalue weighted by atomic mass is 10.1. The van der Waals surface area contributed by atoms with Gasteiger partial charge in [-0.2, -0.15) is 0 Å². The van der Waals surface area contributed by atoms with Crippen molar-refractivity contribution < 1.29 is 42.2 Å². The summed E-state index contributed by atoms with van der Waals surface area (Å²) in [7, 11) is 0. The first-order valence-electron chi connectivity index (χ1n) is 13.2. The summed E-state index contributed by atoms with van der Waals surface area (Å²) in [5.74, 6) is -0.462. The number of rotatable bonds is 11. The lowest BCUT2D eigenvalue weighted by Crippen LogP contribution is -2.28. The monoisotopic (exact) mass is 699 g/mol. The van der Waals surface area contributed by atoms with Crippen molar-refractivity contribution in [3.63, 3.8) is 0 Å². The van der Waals surface area contributed by atoms with Crippen LogP contribution in [0.1, 0.15) is 35.7 Å². The summed E-state index contributed by atoms with van der Waals surface area (Å²) in [6.45, 7) is -4.69. The van der Waals surface area contributed by atoms with Crippen molar-refractivity contribution >= 4 is 71.5 Å². The number of anilines is 1. The summed E-state index contributed by atoms with van der Waals surface area (Å²) in [6, 6.07) is 4.95. The second-order valence-electron chi connectivity index (χ2n) is 10.2. The van der Waals surface area contributed by atoms with E-state index in [0.29, 0.717) is 34.2 Å². The molecule has 0 aliphatic carbocycles. The van der Waals surface area contributed by atoms with E-state index in [1.54, 1.807) is 22.8 Å². The summed E-state index contributed by atoms with van der Waals surface area (Å²) in [5, 5.41) is 8.22. The number of carbonyl (C=O) groups excluding carboxylic acids is 1. The molecule has 240 valence electrons. The number of hydrogen-bond donors (Lipinski definition) is 5. The molecule has 0 spiro atoms. The molecule has 0 saturated carbocycles. The van der Waals surface area contributed by atoms with Gasteiger partial charge in [0.15, 0.2) is 17.7 Å². The Hall–Kier alpha value is -2.87. The normalized spacial score (nSPS) is 26.4. The number of imidazole rings is 1. The fraction of sp³-hybridized carbons (Fsp3) is 0.391. The van der Waals surface area contributed by atoms with Gasteiger partial charge in [0.05, 0.1) is 36.7 Å². The highest BCUT2D eigenvalue weighted by atomic mass is 32.7. The Morgan fingerprint density at radius 2 is 1.98 bits per heavy atom. The van der Waals surface area contributed by atoms with Crippen LogP contribution in [0.25, 0.3) is 22.2 Å². The molecule has 2 saturated heterocycles. The van der Waals surface area contributed by atoms with Gasteiger partial charge in [0.25, 0.3) is 5.91 Å². The topological polar surface area (TPSA) is 247 Å². The Bertz CT molecular complexity index is 1880. The number of nitrogens with zero attached hydrogens (tertiary/aromatic N) is 7. The number of ether oxygens (including phenoxy) is 2. The summed E-state index contributed by atoms with van der Waals surface area (Å²) in [4.78, 5) is 44.7. The minimum Gasteiger partial charge on any atom is -0.382 e. The van der Waals surface area contributed by atoms with Gasteiger partial charge in [-0.05, 0) is 29.5 Å². The van der Waals surface area contributed by atoms with Gasteiger partial charge in [-0.15, -0.1) is 5.10 Å². The van der Waals surface area contributed by atoms with E-state index >= 15 is 0 Å². The highest BCUT2D eigenvalue weighted by molar-refractivity contribution is 8.44. The smallest absolute Gasteiger partial charge is 0.382 e. The molecule has 3 aromatic heterocycles. The minimum atomic E-state index is -4.17. The zero-order valence-electron chi connectivity index (χ0n) is 23.1. The standard InChI is InChI=1S/C23H27N9O9P2S2/c1-11-5-18(32-13-4-2-3-12(22(25)33)19(13)29-30-32)39-15(11)7-38-43(36,45)41-14-6-17(40-16(14)8-37-42(34,35)44)31-10-28-20-21(24)26-9-27-23(20)31/h2-4,9-10,14-18H,1,5-8H2,(H2,25,33)(H,36,45)(H2,24,26,27)(H2,34,35,44)/t14-,15+,16+,17+,18+,43?/m0/s1. The van der Waals surface area contributed by atoms with Crippen molar-refractivity contribution in [2.24, 2.45) is 5.73 Å². The first-order chi connectivity index (χ1) is 21.3. The number of nitrogen functional groups attached to an aromatic ring is 1. The molecule has 2 fully saturated rings. The van der Waals surface area contributed by atoms with E-state index in [4.69, 9.17) is 46.3 Å². The van der Waals surface area contributed by atoms with Crippen LogP contribution in [0.15, 0.2) is 43.0 Å². The number of benzene rings is 1. The van der Waals surface area contributed by atoms with Gasteiger partial charge in [-0.1, -0.05) is 30.1 Å². The third-order valence-corrected chi connectivity index (χ3v) is 9.62. The Balaban J connectivity index is 1.13. The second-order valence-corrected chi connectivity index (χ2v) is 15.7. The van der Waals surface area contributed by atoms with E-state index in [1.165, 1.54) is 17.3 Å². The van der Waals surface area contributed by atoms with Crippen molar-refractivity contribution in [1.29, 1.82) is 0 Å². The molecule has 22 heteroatoms. The van der Waals surface area contributed by atoms with E-state index in [2.05, 4.69) is 44.1 Å². The van der Waals surface area contributed by atoms with Crippen LogP contribution in [0.3, 0.4) is 0 Å². The average molecular weight is 700 g/mol. The number of thiol groups is 1. The van der Waals surface area contributed by atoms with Crippen LogP contribution in [-0.4, -0.2) is 81.7 Å². The van der Waals surface area contributed by atoms with Gasteiger partial charge in [0, 0.05) is 12.8 Å². The lowest BCUT2D eigenvalue weighted by Gasteiger charge is -2.24. The first kappa shape index (κ1) is 32.1. The molecule has 0 bridgehead atoms. The van der Waals surface area contributed by atoms with E-state index in [-0.39, 0.29) is 24.4 Å². The SMILES string of the molecule is C=C1C[C@H](n2nnc3c(C(N)=O)cccc32)O[C@@H]1COP(O)(=S)O[C@H]1C[C@H](n2cnc3c(N)ncnc32)O[C@@H]1COP(=O)(O)S. The van der Waals surface area contributed by atoms with Crippen molar-refractivity contribution in [3.05, 3.63) is 48.6 Å². The molecule has 0 radical (unpaired) electrons. The molecule has 2 aliphatic rings. The summed E-state index contributed by atoms with van der Waals surface area (Å²) in [6.07, 6.45) is -0.791. The van der Waals surface area contributed by atoms with Crippen molar-refractivity contribution in [2.75, 3.05) is 18.9 Å². The fourth-order valence-electron chi connectivity index (χ4n) is 5.11. The molecule has 1 aromatic carbocycles. The number of primary amides is 1. The molecular formula is C23H27N9O9P2S2. The van der Waals surface area contributed by atoms with E-state index in [9.17, 15) is 19.1 Å². The molecule has 1 amide bonds. The van der Waals surface area contributed by atoms with Gasteiger partial charge in [0.2, 0.25) is 0 Å². The van der Waals surface area contributed by atoms with Gasteiger partial charge < -0.3 is 39.8 Å². The van der Waals surface area contributed by atoms with E-state index in [0.717, 1.165) is 0 Å². The number of carbonyl (C=O) groups is 1. The van der Waals surface area contributed by atoms with Gasteiger partial charge in [0.1, 0.15) is 35.8 Å². The van der Waals surface area contributed by atoms with Crippen LogP contribution in [0, 0.1) is 0 Å². The predicted octanol–water partition coefficient (Wildman–Crippen LogP) is 1.75. The Labute approximate surface area is 264 Å². The maximum Gasteiger partial charge on any atom is 0.383 e. The molecule has 2 unspecified atom stereocenters. The maximum atomic E-state index is 11.8. The zero-order valence-corrected chi connectivity index (χ0v) is 26.6. The van der Waals surface area contributed by atoms with Gasteiger partial charge >= 0.3 is 13.5 Å². The molecule has 2 aliphatic heterocycles. The quantitative estimate of drug-likeness (QED) is 0.0850. The number of fused-ring (bicyclic) bond motifs is 2. The number of amides is 1. The number of aromatic nitrogens is 7. The molecule has 5 heterocycles. The highest BCUT2D eigenvalue weighted by Gasteiger charge is 2.42. The molecule has 18 nitrogen and oxygen atoms in total. The van der Waals surface area contributed by atoms with Gasteiger partial charge in [-0.3, -0.25) is 13.9 Å². The highest BCUT2D eigenvalue weighted by Crippen LogP contribution is 2.51. The van der Waals surface area contributed by atoms with Crippen LogP contribution in [0.4, 0.5) is 5.82 Å². The minimum absolute atomic E-state index is 0.107. The second kappa shape index (κ2) is 12.4. The predicted molar refractivity (Wildman–Crippen MR) is 164 cm³/mol. The third-order valence-electron chi connectivity index (χ3n) is 7.20.